The standard InChI is InChI=1S/C10H15N3O5S/c1-7-9(12-18-11-7)4-13(5-10(14)15)8-2-3-19(16,17)6-8/h8H,2-6H2,1H3,(H,14,15). The Kier molecular flexibility index (Phi) is 3.85. The van der Waals surface area contributed by atoms with Crippen molar-refractivity contribution in [2.24, 2.45) is 0 Å². The van der Waals surface area contributed by atoms with E-state index in [-0.39, 0.29) is 30.6 Å². The van der Waals surface area contributed by atoms with Crippen molar-refractivity contribution in [2.45, 2.75) is 25.9 Å². The fourth-order valence-electron chi connectivity index (χ4n) is 2.14. The first kappa shape index (κ1) is 13.9. The summed E-state index contributed by atoms with van der Waals surface area (Å²) in [6, 6.07) is -0.294. The molecule has 106 valence electrons. The van der Waals surface area contributed by atoms with E-state index in [1.54, 1.807) is 11.8 Å². The van der Waals surface area contributed by atoms with E-state index in [2.05, 4.69) is 14.9 Å². The zero-order valence-electron chi connectivity index (χ0n) is 10.4. The van der Waals surface area contributed by atoms with Gasteiger partial charge in [0.25, 0.3) is 0 Å². The Morgan fingerprint density at radius 2 is 2.26 bits per heavy atom. The third-order valence-corrected chi connectivity index (χ3v) is 4.91. The predicted octanol–water partition coefficient (Wildman–Crippen LogP) is -0.548. The molecule has 0 aliphatic carbocycles. The number of aliphatic carboxylic acids is 1. The van der Waals surface area contributed by atoms with Crippen LogP contribution in [0.5, 0.6) is 0 Å². The molecule has 19 heavy (non-hydrogen) atoms. The second-order valence-electron chi connectivity index (χ2n) is 4.65. The van der Waals surface area contributed by atoms with Crippen LogP contribution >= 0.6 is 0 Å². The minimum atomic E-state index is -3.06. The van der Waals surface area contributed by atoms with Crippen molar-refractivity contribution in [3.63, 3.8) is 0 Å². The number of rotatable bonds is 5. The van der Waals surface area contributed by atoms with E-state index in [9.17, 15) is 13.2 Å². The van der Waals surface area contributed by atoms with Gasteiger partial charge in [0.05, 0.1) is 18.1 Å². The summed E-state index contributed by atoms with van der Waals surface area (Å²) >= 11 is 0. The number of sulfone groups is 1. The summed E-state index contributed by atoms with van der Waals surface area (Å²) in [6.45, 7) is 1.70. The van der Waals surface area contributed by atoms with Crippen LogP contribution in [0.3, 0.4) is 0 Å². The van der Waals surface area contributed by atoms with Gasteiger partial charge in [0.15, 0.2) is 9.84 Å². The van der Waals surface area contributed by atoms with Gasteiger partial charge in [0.2, 0.25) is 0 Å². The van der Waals surface area contributed by atoms with Crippen LogP contribution in [0.4, 0.5) is 0 Å². The lowest BCUT2D eigenvalue weighted by atomic mass is 10.2. The molecular formula is C10H15N3O5S. The highest BCUT2D eigenvalue weighted by atomic mass is 32.2. The summed E-state index contributed by atoms with van der Waals surface area (Å²) in [4.78, 5) is 12.5. The Morgan fingerprint density at radius 3 is 2.74 bits per heavy atom. The molecule has 1 N–H and O–H groups in total. The number of carbonyl (C=O) groups is 1. The molecule has 1 aliphatic rings. The van der Waals surface area contributed by atoms with Crippen molar-refractivity contribution in [1.29, 1.82) is 0 Å². The van der Waals surface area contributed by atoms with Crippen LogP contribution in [0.1, 0.15) is 17.8 Å². The second kappa shape index (κ2) is 5.25. The van der Waals surface area contributed by atoms with E-state index < -0.39 is 15.8 Å². The highest BCUT2D eigenvalue weighted by Gasteiger charge is 2.33. The van der Waals surface area contributed by atoms with Crippen LogP contribution in [0.15, 0.2) is 4.63 Å². The van der Waals surface area contributed by atoms with Gasteiger partial charge in [0.1, 0.15) is 11.4 Å². The van der Waals surface area contributed by atoms with E-state index >= 15 is 0 Å². The van der Waals surface area contributed by atoms with Gasteiger partial charge in [-0.15, -0.1) is 0 Å². The third-order valence-electron chi connectivity index (χ3n) is 3.16. The molecule has 2 heterocycles. The van der Waals surface area contributed by atoms with Gasteiger partial charge in [-0.3, -0.25) is 9.69 Å². The predicted molar refractivity (Wildman–Crippen MR) is 64.1 cm³/mol. The monoisotopic (exact) mass is 289 g/mol. The molecule has 0 spiro atoms. The van der Waals surface area contributed by atoms with E-state index in [0.29, 0.717) is 17.8 Å². The fourth-order valence-corrected chi connectivity index (χ4v) is 3.90. The van der Waals surface area contributed by atoms with Crippen molar-refractivity contribution >= 4 is 15.8 Å². The lowest BCUT2D eigenvalue weighted by Crippen LogP contribution is -2.39. The van der Waals surface area contributed by atoms with Crippen molar-refractivity contribution in [1.82, 2.24) is 15.2 Å². The summed E-state index contributed by atoms with van der Waals surface area (Å²) < 4.78 is 27.5. The highest BCUT2D eigenvalue weighted by molar-refractivity contribution is 7.91. The molecule has 1 aromatic rings. The van der Waals surface area contributed by atoms with Crippen LogP contribution in [-0.4, -0.2) is 58.8 Å². The number of carboxylic acids is 1. The SMILES string of the molecule is Cc1nonc1CN(CC(=O)O)C1CCS(=O)(=O)C1. The molecule has 1 aliphatic heterocycles. The quantitative estimate of drug-likeness (QED) is 0.768. The molecular weight excluding hydrogens is 274 g/mol. The molecule has 9 heteroatoms. The van der Waals surface area contributed by atoms with Crippen molar-refractivity contribution < 1.29 is 22.9 Å². The third kappa shape index (κ3) is 3.51. The van der Waals surface area contributed by atoms with E-state index in [1.807, 2.05) is 0 Å². The van der Waals surface area contributed by atoms with Crippen LogP contribution in [0.2, 0.25) is 0 Å². The van der Waals surface area contributed by atoms with Crippen LogP contribution in [0, 0.1) is 6.92 Å². The molecule has 0 saturated carbocycles. The maximum atomic E-state index is 11.5. The van der Waals surface area contributed by atoms with Gasteiger partial charge in [-0.2, -0.15) is 0 Å². The summed E-state index contributed by atoms with van der Waals surface area (Å²) in [5, 5.41) is 16.2. The van der Waals surface area contributed by atoms with E-state index in [1.165, 1.54) is 0 Å². The number of nitrogens with zero attached hydrogens (tertiary/aromatic N) is 3. The van der Waals surface area contributed by atoms with E-state index in [0.717, 1.165) is 0 Å². The Bertz CT molecular complexity index is 567. The molecule has 1 atom stereocenters. The summed E-state index contributed by atoms with van der Waals surface area (Å²) in [6.07, 6.45) is 0.444. The number of carboxylic acid groups (broad SMARTS) is 1. The molecule has 1 fully saturated rings. The first-order valence-electron chi connectivity index (χ1n) is 5.82. The molecule has 0 radical (unpaired) electrons. The van der Waals surface area contributed by atoms with Gasteiger partial charge in [-0.05, 0) is 13.3 Å². The zero-order chi connectivity index (χ0) is 14.0. The number of aromatic nitrogens is 2. The summed E-state index contributed by atoms with van der Waals surface area (Å²) in [5.74, 6) is -0.910. The van der Waals surface area contributed by atoms with Gasteiger partial charge in [-0.25, -0.2) is 13.0 Å². The first-order chi connectivity index (χ1) is 8.87. The Labute approximate surface area is 110 Å². The Morgan fingerprint density at radius 1 is 1.53 bits per heavy atom. The maximum Gasteiger partial charge on any atom is 0.317 e. The number of hydrogen-bond acceptors (Lipinski definition) is 7. The topological polar surface area (TPSA) is 114 Å². The average molecular weight is 289 g/mol. The Hall–Kier alpha value is -1.48. The summed E-state index contributed by atoms with van der Waals surface area (Å²) in [7, 11) is -3.06. The van der Waals surface area contributed by atoms with Crippen LogP contribution in [0.25, 0.3) is 0 Å². The molecule has 1 aromatic heterocycles. The molecule has 1 saturated heterocycles. The maximum absolute atomic E-state index is 11.5. The molecule has 0 bridgehead atoms. The Balaban J connectivity index is 2.12. The van der Waals surface area contributed by atoms with Gasteiger partial charge in [-0.1, -0.05) is 10.3 Å². The van der Waals surface area contributed by atoms with Crippen molar-refractivity contribution in [2.75, 3.05) is 18.1 Å². The van der Waals surface area contributed by atoms with Crippen molar-refractivity contribution in [3.05, 3.63) is 11.4 Å². The van der Waals surface area contributed by atoms with Gasteiger partial charge >= 0.3 is 5.97 Å². The zero-order valence-corrected chi connectivity index (χ0v) is 11.3. The molecule has 1 unspecified atom stereocenters. The smallest absolute Gasteiger partial charge is 0.317 e. The van der Waals surface area contributed by atoms with E-state index in [4.69, 9.17) is 5.11 Å². The average Bonchev–Trinajstić information content (AvgIpc) is 2.84. The first-order valence-corrected chi connectivity index (χ1v) is 7.64. The second-order valence-corrected chi connectivity index (χ2v) is 6.88. The van der Waals surface area contributed by atoms with Crippen molar-refractivity contribution in [3.8, 4) is 0 Å². The fraction of sp³-hybridized carbons (Fsp3) is 0.700. The van der Waals surface area contributed by atoms with Gasteiger partial charge < -0.3 is 5.11 Å². The molecule has 8 nitrogen and oxygen atoms in total. The normalized spacial score (nSPS) is 21.9. The highest BCUT2D eigenvalue weighted by Crippen LogP contribution is 2.20. The van der Waals surface area contributed by atoms with Gasteiger partial charge in [0, 0.05) is 12.6 Å². The lowest BCUT2D eigenvalue weighted by Gasteiger charge is -2.25. The minimum absolute atomic E-state index is 0.00932. The largest absolute Gasteiger partial charge is 0.480 e. The molecule has 0 aromatic carbocycles. The number of aryl methyl sites for hydroxylation is 1. The molecule has 0 amide bonds. The lowest BCUT2D eigenvalue weighted by molar-refractivity contribution is -0.139. The van der Waals surface area contributed by atoms with Crippen LogP contribution < -0.4 is 0 Å². The number of hydrogen-bond donors (Lipinski definition) is 1. The molecule has 2 rings (SSSR count). The minimum Gasteiger partial charge on any atom is -0.480 e. The van der Waals surface area contributed by atoms with Crippen LogP contribution in [-0.2, 0) is 21.2 Å². The summed E-state index contributed by atoms with van der Waals surface area (Å²) in [5.41, 5.74) is 1.11.